The van der Waals surface area contributed by atoms with E-state index in [0.29, 0.717) is 12.1 Å². The fraction of sp³-hybridized carbons (Fsp3) is 0.600. The average Bonchev–Trinajstić information content (AvgIpc) is 2.45. The quantitative estimate of drug-likeness (QED) is 0.900. The molecule has 0 saturated heterocycles. The molecule has 1 saturated carbocycles. The second kappa shape index (κ2) is 7.33. The topological polar surface area (TPSA) is 51.2 Å². The summed E-state index contributed by atoms with van der Waals surface area (Å²) in [6.45, 7) is 1.91. The minimum absolute atomic E-state index is 0.171. The predicted molar refractivity (Wildman–Crippen MR) is 74.9 cm³/mol. The largest absolute Gasteiger partial charge is 0.365 e. The molecule has 2 rings (SSSR count). The van der Waals surface area contributed by atoms with Gasteiger partial charge in [-0.1, -0.05) is 26.2 Å². The fourth-order valence-electron chi connectivity index (χ4n) is 2.48. The molecule has 1 aliphatic rings. The number of halogens is 1. The van der Waals surface area contributed by atoms with Crippen LogP contribution in [0.15, 0.2) is 18.5 Å². The molecule has 1 aliphatic carbocycles. The van der Waals surface area contributed by atoms with Gasteiger partial charge in [0, 0.05) is 6.07 Å². The fourth-order valence-corrected chi connectivity index (χ4v) is 2.48. The lowest BCUT2D eigenvalue weighted by Gasteiger charge is -2.26. The van der Waals surface area contributed by atoms with Crippen molar-refractivity contribution in [3.8, 4) is 0 Å². The molecule has 1 unspecified atom stereocenters. The van der Waals surface area contributed by atoms with Crippen molar-refractivity contribution < 1.29 is 13.9 Å². The Bertz CT molecular complexity index is 447. The molecule has 0 spiro atoms. The molecule has 1 aromatic heterocycles. The Hall–Kier alpha value is -1.49. The molecule has 0 aliphatic heterocycles. The molecular formula is C15H21FN2O2. The van der Waals surface area contributed by atoms with Crippen molar-refractivity contribution in [2.45, 2.75) is 57.7 Å². The second-order valence-electron chi connectivity index (χ2n) is 5.17. The summed E-state index contributed by atoms with van der Waals surface area (Å²) in [5.41, 5.74) is 0.362. The van der Waals surface area contributed by atoms with E-state index in [4.69, 9.17) is 4.74 Å². The maximum absolute atomic E-state index is 13.0. The molecule has 0 bridgehead atoms. The van der Waals surface area contributed by atoms with Gasteiger partial charge in [0.05, 0.1) is 24.2 Å². The smallest absolute Gasteiger partial charge is 0.253 e. The highest BCUT2D eigenvalue weighted by Crippen LogP contribution is 2.22. The van der Waals surface area contributed by atoms with Crippen LogP contribution in [0.2, 0.25) is 0 Å². The summed E-state index contributed by atoms with van der Waals surface area (Å²) < 4.78 is 18.9. The van der Waals surface area contributed by atoms with Crippen molar-refractivity contribution >= 4 is 11.6 Å². The molecule has 1 aromatic rings. The summed E-state index contributed by atoms with van der Waals surface area (Å²) in [4.78, 5) is 15.8. The van der Waals surface area contributed by atoms with E-state index in [1.807, 2.05) is 6.92 Å². The number of pyridine rings is 1. The molecule has 1 heterocycles. The highest BCUT2D eigenvalue weighted by atomic mass is 19.1. The van der Waals surface area contributed by atoms with Crippen molar-refractivity contribution in [1.29, 1.82) is 0 Å². The molecule has 1 N–H and O–H groups in total. The number of aromatic nitrogens is 1. The van der Waals surface area contributed by atoms with Gasteiger partial charge in [0.1, 0.15) is 11.9 Å². The summed E-state index contributed by atoms with van der Waals surface area (Å²) in [6.07, 6.45) is 8.43. The third-order valence-corrected chi connectivity index (χ3v) is 3.54. The maximum Gasteiger partial charge on any atom is 0.253 e. The molecule has 1 amide bonds. The lowest BCUT2D eigenvalue weighted by molar-refractivity contribution is -0.132. The monoisotopic (exact) mass is 280 g/mol. The van der Waals surface area contributed by atoms with E-state index in [1.165, 1.54) is 18.7 Å². The van der Waals surface area contributed by atoms with Gasteiger partial charge in [-0.2, -0.15) is 0 Å². The van der Waals surface area contributed by atoms with Crippen LogP contribution in [-0.2, 0) is 9.53 Å². The van der Waals surface area contributed by atoms with Crippen molar-refractivity contribution in [3.63, 3.8) is 0 Å². The molecule has 5 heteroatoms. The first-order chi connectivity index (χ1) is 9.69. The molecule has 20 heavy (non-hydrogen) atoms. The summed E-state index contributed by atoms with van der Waals surface area (Å²) in [5, 5.41) is 2.66. The van der Waals surface area contributed by atoms with Gasteiger partial charge in [0.25, 0.3) is 5.91 Å². The first-order valence-corrected chi connectivity index (χ1v) is 7.26. The lowest BCUT2D eigenvalue weighted by atomic mass is 9.97. The predicted octanol–water partition coefficient (Wildman–Crippen LogP) is 3.29. The van der Waals surface area contributed by atoms with Crippen molar-refractivity contribution in [1.82, 2.24) is 4.98 Å². The zero-order chi connectivity index (χ0) is 14.4. The standard InChI is InChI=1S/C15H21FN2O2/c1-2-14(20-13-6-4-3-5-7-13)15(19)18-12-8-11(16)9-17-10-12/h8-10,13-14H,2-7H2,1H3,(H,18,19). The van der Waals surface area contributed by atoms with Gasteiger partial charge in [-0.15, -0.1) is 0 Å². The van der Waals surface area contributed by atoms with Crippen LogP contribution in [-0.4, -0.2) is 23.1 Å². The number of hydrogen-bond donors (Lipinski definition) is 1. The van der Waals surface area contributed by atoms with E-state index < -0.39 is 11.9 Å². The van der Waals surface area contributed by atoms with Gasteiger partial charge >= 0.3 is 0 Å². The molecule has 4 nitrogen and oxygen atoms in total. The number of nitrogens with one attached hydrogen (secondary N) is 1. The highest BCUT2D eigenvalue weighted by Gasteiger charge is 2.23. The molecular weight excluding hydrogens is 259 g/mol. The minimum atomic E-state index is -0.485. The van der Waals surface area contributed by atoms with E-state index in [2.05, 4.69) is 10.3 Å². The lowest BCUT2D eigenvalue weighted by Crippen LogP contribution is -2.34. The number of anilines is 1. The first kappa shape index (κ1) is 14.9. The molecule has 0 radical (unpaired) electrons. The molecule has 1 fully saturated rings. The van der Waals surface area contributed by atoms with Crippen LogP contribution in [0.1, 0.15) is 45.4 Å². The number of amides is 1. The average molecular weight is 280 g/mol. The third-order valence-electron chi connectivity index (χ3n) is 3.54. The van der Waals surface area contributed by atoms with Crippen LogP contribution in [0, 0.1) is 5.82 Å². The summed E-state index contributed by atoms with van der Waals surface area (Å²) >= 11 is 0. The highest BCUT2D eigenvalue weighted by molar-refractivity contribution is 5.93. The molecule has 110 valence electrons. The zero-order valence-electron chi connectivity index (χ0n) is 11.8. The van der Waals surface area contributed by atoms with Crippen LogP contribution >= 0.6 is 0 Å². The molecule has 1 atom stereocenters. The summed E-state index contributed by atoms with van der Waals surface area (Å²) in [5.74, 6) is -0.700. The first-order valence-electron chi connectivity index (χ1n) is 7.26. The van der Waals surface area contributed by atoms with Crippen molar-refractivity contribution in [2.75, 3.05) is 5.32 Å². The van der Waals surface area contributed by atoms with Crippen LogP contribution in [0.4, 0.5) is 10.1 Å². The Kier molecular flexibility index (Phi) is 5.47. The Morgan fingerprint density at radius 2 is 2.20 bits per heavy atom. The van der Waals surface area contributed by atoms with E-state index in [1.54, 1.807) is 0 Å². The van der Waals surface area contributed by atoms with E-state index in [9.17, 15) is 9.18 Å². The van der Waals surface area contributed by atoms with E-state index >= 15 is 0 Å². The second-order valence-corrected chi connectivity index (χ2v) is 5.17. The van der Waals surface area contributed by atoms with Crippen LogP contribution in [0.25, 0.3) is 0 Å². The number of carbonyl (C=O) groups excluding carboxylic acids is 1. The Morgan fingerprint density at radius 1 is 1.45 bits per heavy atom. The maximum atomic E-state index is 13.0. The van der Waals surface area contributed by atoms with Crippen LogP contribution in [0.5, 0.6) is 0 Å². The summed E-state index contributed by atoms with van der Waals surface area (Å²) in [7, 11) is 0. The van der Waals surface area contributed by atoms with Gasteiger partial charge in [0.2, 0.25) is 0 Å². The van der Waals surface area contributed by atoms with Gasteiger partial charge in [0.15, 0.2) is 0 Å². The van der Waals surface area contributed by atoms with Crippen molar-refractivity contribution in [3.05, 3.63) is 24.3 Å². The SMILES string of the molecule is CCC(OC1CCCCC1)C(=O)Nc1cncc(F)c1. The Balaban J connectivity index is 1.91. The molecule has 0 aromatic carbocycles. The van der Waals surface area contributed by atoms with Gasteiger partial charge in [-0.05, 0) is 19.3 Å². The summed E-state index contributed by atoms with van der Waals surface area (Å²) in [6, 6.07) is 1.25. The number of nitrogens with zero attached hydrogens (tertiary/aromatic N) is 1. The minimum Gasteiger partial charge on any atom is -0.365 e. The number of hydrogen-bond acceptors (Lipinski definition) is 3. The van der Waals surface area contributed by atoms with E-state index in [-0.39, 0.29) is 12.0 Å². The van der Waals surface area contributed by atoms with Gasteiger partial charge in [-0.3, -0.25) is 9.78 Å². The third kappa shape index (κ3) is 4.27. The van der Waals surface area contributed by atoms with Crippen molar-refractivity contribution in [2.24, 2.45) is 0 Å². The van der Waals surface area contributed by atoms with Crippen LogP contribution in [0.3, 0.4) is 0 Å². The Morgan fingerprint density at radius 3 is 2.85 bits per heavy atom. The van der Waals surface area contributed by atoms with Crippen LogP contribution < -0.4 is 5.32 Å². The number of ether oxygens (including phenoxy) is 1. The van der Waals surface area contributed by atoms with E-state index in [0.717, 1.165) is 31.9 Å². The zero-order valence-corrected chi connectivity index (χ0v) is 11.8. The van der Waals surface area contributed by atoms with Gasteiger partial charge < -0.3 is 10.1 Å². The number of carbonyl (C=O) groups is 1. The normalized spacial score (nSPS) is 17.7. The number of rotatable bonds is 5. The Labute approximate surface area is 118 Å². The van der Waals surface area contributed by atoms with Gasteiger partial charge in [-0.25, -0.2) is 4.39 Å².